The normalized spacial score (nSPS) is 25.7. The van der Waals surface area contributed by atoms with Gasteiger partial charge in [-0.15, -0.1) is 6.58 Å². The first kappa shape index (κ1) is 12.3. The second kappa shape index (κ2) is 5.99. The van der Waals surface area contributed by atoms with Crippen LogP contribution in [0, 0.1) is 0 Å². The van der Waals surface area contributed by atoms with Crippen LogP contribution in [-0.2, 0) is 6.54 Å². The van der Waals surface area contributed by atoms with Crippen molar-refractivity contribution in [3.8, 4) is 0 Å². The fraction of sp³-hybridized carbons (Fsp3) is 0.467. The summed E-state index contributed by atoms with van der Waals surface area (Å²) in [7, 11) is 0. The zero-order valence-electron chi connectivity index (χ0n) is 10.3. The van der Waals surface area contributed by atoms with Crippen molar-refractivity contribution in [1.29, 1.82) is 0 Å². The molecular formula is C15H21NO. The van der Waals surface area contributed by atoms with Crippen molar-refractivity contribution in [2.75, 3.05) is 6.54 Å². The average molecular weight is 231 g/mol. The monoisotopic (exact) mass is 231 g/mol. The number of hydrogen-bond acceptors (Lipinski definition) is 2. The largest absolute Gasteiger partial charge is 0.391 e. The number of piperidine rings is 1. The number of benzene rings is 1. The molecule has 0 saturated carbocycles. The van der Waals surface area contributed by atoms with E-state index in [-0.39, 0.29) is 12.1 Å². The van der Waals surface area contributed by atoms with Crippen molar-refractivity contribution >= 4 is 0 Å². The molecule has 2 nitrogen and oxygen atoms in total. The second-order valence-corrected chi connectivity index (χ2v) is 4.76. The Balaban J connectivity index is 2.04. The number of hydrogen-bond donors (Lipinski definition) is 1. The molecule has 0 radical (unpaired) electrons. The molecule has 1 fully saturated rings. The molecule has 0 bridgehead atoms. The lowest BCUT2D eigenvalue weighted by Crippen LogP contribution is -2.47. The van der Waals surface area contributed by atoms with Crippen molar-refractivity contribution in [3.05, 3.63) is 48.6 Å². The van der Waals surface area contributed by atoms with Crippen LogP contribution in [0.5, 0.6) is 0 Å². The van der Waals surface area contributed by atoms with E-state index in [1.54, 1.807) is 0 Å². The molecule has 0 aliphatic carbocycles. The Hall–Kier alpha value is -1.12. The molecule has 2 atom stereocenters. The fourth-order valence-corrected chi connectivity index (χ4v) is 2.60. The molecule has 1 aliphatic rings. The van der Waals surface area contributed by atoms with E-state index in [4.69, 9.17) is 0 Å². The molecule has 2 rings (SSSR count). The van der Waals surface area contributed by atoms with Crippen LogP contribution < -0.4 is 0 Å². The van der Waals surface area contributed by atoms with Gasteiger partial charge in [0.15, 0.2) is 0 Å². The van der Waals surface area contributed by atoms with Crippen LogP contribution in [0.25, 0.3) is 0 Å². The predicted molar refractivity (Wildman–Crippen MR) is 70.7 cm³/mol. The van der Waals surface area contributed by atoms with Gasteiger partial charge in [0.05, 0.1) is 6.10 Å². The molecule has 0 unspecified atom stereocenters. The maximum atomic E-state index is 10.1. The summed E-state index contributed by atoms with van der Waals surface area (Å²) in [6.07, 6.45) is 4.59. The number of aliphatic hydroxyl groups excluding tert-OH is 1. The molecule has 2 heteroatoms. The Morgan fingerprint density at radius 2 is 2.12 bits per heavy atom. The van der Waals surface area contributed by atoms with Crippen LogP contribution in [0.4, 0.5) is 0 Å². The van der Waals surface area contributed by atoms with Crippen LogP contribution in [0.2, 0.25) is 0 Å². The average Bonchev–Trinajstić information content (AvgIpc) is 2.35. The lowest BCUT2D eigenvalue weighted by Gasteiger charge is -2.38. The molecule has 92 valence electrons. The zero-order chi connectivity index (χ0) is 12.1. The topological polar surface area (TPSA) is 23.5 Å². The third kappa shape index (κ3) is 3.18. The summed E-state index contributed by atoms with van der Waals surface area (Å²) in [6.45, 7) is 5.79. The Bertz CT molecular complexity index is 349. The van der Waals surface area contributed by atoms with Gasteiger partial charge in [0.1, 0.15) is 0 Å². The number of rotatable bonds is 4. The maximum Gasteiger partial charge on any atom is 0.0699 e. The lowest BCUT2D eigenvalue weighted by molar-refractivity contribution is 0.00804. The summed E-state index contributed by atoms with van der Waals surface area (Å²) in [5.41, 5.74) is 1.32. The molecule has 0 amide bonds. The van der Waals surface area contributed by atoms with Gasteiger partial charge in [-0.05, 0) is 31.4 Å². The highest BCUT2D eigenvalue weighted by Gasteiger charge is 2.28. The molecule has 1 saturated heterocycles. The van der Waals surface area contributed by atoms with Gasteiger partial charge in [-0.25, -0.2) is 0 Å². The first-order chi connectivity index (χ1) is 8.31. The van der Waals surface area contributed by atoms with Crippen LogP contribution in [0.15, 0.2) is 43.0 Å². The molecule has 1 aromatic carbocycles. The fourth-order valence-electron chi connectivity index (χ4n) is 2.60. The number of aliphatic hydroxyl groups is 1. The Kier molecular flexibility index (Phi) is 4.35. The van der Waals surface area contributed by atoms with Gasteiger partial charge in [-0.3, -0.25) is 4.90 Å². The summed E-state index contributed by atoms with van der Waals surface area (Å²) >= 11 is 0. The van der Waals surface area contributed by atoms with E-state index in [0.717, 1.165) is 32.4 Å². The lowest BCUT2D eigenvalue weighted by atomic mass is 9.95. The number of nitrogens with zero attached hydrogens (tertiary/aromatic N) is 1. The molecule has 1 aliphatic heterocycles. The molecule has 1 heterocycles. The molecule has 17 heavy (non-hydrogen) atoms. The minimum Gasteiger partial charge on any atom is -0.391 e. The van der Waals surface area contributed by atoms with Crippen LogP contribution in [-0.4, -0.2) is 28.7 Å². The SMILES string of the molecule is C=CC[C@H]1[C@H](O)CCCN1Cc1ccccc1. The Morgan fingerprint density at radius 3 is 2.82 bits per heavy atom. The first-order valence-corrected chi connectivity index (χ1v) is 6.38. The highest BCUT2D eigenvalue weighted by molar-refractivity contribution is 5.15. The van der Waals surface area contributed by atoms with E-state index in [9.17, 15) is 5.11 Å². The van der Waals surface area contributed by atoms with E-state index >= 15 is 0 Å². The summed E-state index contributed by atoms with van der Waals surface area (Å²) in [5.74, 6) is 0. The molecule has 0 spiro atoms. The minimum atomic E-state index is -0.203. The summed E-state index contributed by atoms with van der Waals surface area (Å²) < 4.78 is 0. The highest BCUT2D eigenvalue weighted by Crippen LogP contribution is 2.22. The summed E-state index contributed by atoms with van der Waals surface area (Å²) in [5, 5.41) is 10.1. The van der Waals surface area contributed by atoms with E-state index < -0.39 is 0 Å². The van der Waals surface area contributed by atoms with E-state index in [2.05, 4.69) is 35.7 Å². The van der Waals surface area contributed by atoms with Gasteiger partial charge >= 0.3 is 0 Å². The maximum absolute atomic E-state index is 10.1. The van der Waals surface area contributed by atoms with Crippen LogP contribution in [0.3, 0.4) is 0 Å². The van der Waals surface area contributed by atoms with Crippen molar-refractivity contribution in [3.63, 3.8) is 0 Å². The summed E-state index contributed by atoms with van der Waals surface area (Å²) in [4.78, 5) is 2.38. The Morgan fingerprint density at radius 1 is 1.35 bits per heavy atom. The molecule has 1 N–H and O–H groups in total. The zero-order valence-corrected chi connectivity index (χ0v) is 10.3. The van der Waals surface area contributed by atoms with Crippen molar-refractivity contribution in [2.45, 2.75) is 38.0 Å². The second-order valence-electron chi connectivity index (χ2n) is 4.76. The van der Waals surface area contributed by atoms with Crippen molar-refractivity contribution in [2.24, 2.45) is 0 Å². The number of likely N-dealkylation sites (tertiary alicyclic amines) is 1. The predicted octanol–water partition coefficient (Wildman–Crippen LogP) is 2.59. The minimum absolute atomic E-state index is 0.203. The van der Waals surface area contributed by atoms with Crippen molar-refractivity contribution < 1.29 is 5.11 Å². The third-order valence-electron chi connectivity index (χ3n) is 3.50. The van der Waals surface area contributed by atoms with Gasteiger partial charge in [-0.2, -0.15) is 0 Å². The standard InChI is InChI=1S/C15H21NO/c1-2-7-14-15(17)10-6-11-16(14)12-13-8-4-3-5-9-13/h2-5,8-9,14-15,17H,1,6-7,10-12H2/t14-,15+/m0/s1. The van der Waals surface area contributed by atoms with Gasteiger partial charge < -0.3 is 5.11 Å². The van der Waals surface area contributed by atoms with Crippen LogP contribution in [0.1, 0.15) is 24.8 Å². The van der Waals surface area contributed by atoms with Gasteiger partial charge in [0, 0.05) is 12.6 Å². The highest BCUT2D eigenvalue weighted by atomic mass is 16.3. The van der Waals surface area contributed by atoms with Gasteiger partial charge in [0.2, 0.25) is 0 Å². The van der Waals surface area contributed by atoms with Crippen LogP contribution >= 0.6 is 0 Å². The Labute approximate surface area is 104 Å². The third-order valence-corrected chi connectivity index (χ3v) is 3.50. The van der Waals surface area contributed by atoms with Gasteiger partial charge in [-0.1, -0.05) is 36.4 Å². The van der Waals surface area contributed by atoms with E-state index in [1.165, 1.54) is 5.56 Å². The van der Waals surface area contributed by atoms with Crippen molar-refractivity contribution in [1.82, 2.24) is 4.90 Å². The first-order valence-electron chi connectivity index (χ1n) is 6.38. The quantitative estimate of drug-likeness (QED) is 0.805. The van der Waals surface area contributed by atoms with Gasteiger partial charge in [0.25, 0.3) is 0 Å². The molecular weight excluding hydrogens is 210 g/mol. The van der Waals surface area contributed by atoms with E-state index in [0.29, 0.717) is 0 Å². The van der Waals surface area contributed by atoms with E-state index in [1.807, 2.05) is 12.1 Å². The molecule has 0 aromatic heterocycles. The summed E-state index contributed by atoms with van der Waals surface area (Å²) in [6, 6.07) is 10.7. The molecule has 1 aromatic rings. The smallest absolute Gasteiger partial charge is 0.0699 e.